The van der Waals surface area contributed by atoms with Crippen LogP contribution < -0.4 is 9.46 Å². The fraction of sp³-hybridized carbons (Fsp3) is 0.357. The van der Waals surface area contributed by atoms with Crippen molar-refractivity contribution in [3.05, 3.63) is 82.9 Å². The third-order valence-electron chi connectivity index (χ3n) is 6.46. The average Bonchev–Trinajstić information content (AvgIpc) is 3.33. The number of likely N-dealkylation sites (tertiary alicyclic amines) is 1. The first-order valence-corrected chi connectivity index (χ1v) is 14.0. The molecule has 0 saturated carbocycles. The summed E-state index contributed by atoms with van der Waals surface area (Å²) >= 11 is 0. The Balaban J connectivity index is 1.45. The lowest BCUT2D eigenvalue weighted by molar-refractivity contribution is 0.238. The molecule has 3 aromatic carbocycles. The second kappa shape index (κ2) is 11.2. The zero-order chi connectivity index (χ0) is 24.8. The van der Waals surface area contributed by atoms with E-state index < -0.39 is 10.0 Å². The topological polar surface area (TPSA) is 78.9 Å². The Morgan fingerprint density at radius 1 is 0.971 bits per heavy atom. The van der Waals surface area contributed by atoms with E-state index in [1.54, 1.807) is 12.1 Å². The highest BCUT2D eigenvalue weighted by Crippen LogP contribution is 2.31. The fourth-order valence-corrected chi connectivity index (χ4v) is 4.93. The van der Waals surface area contributed by atoms with Gasteiger partial charge in [-0.05, 0) is 96.9 Å². The zero-order valence-electron chi connectivity index (χ0n) is 20.5. The number of sulfonamides is 1. The Morgan fingerprint density at radius 2 is 1.69 bits per heavy atom. The molecule has 4 rings (SSSR count). The second-order valence-corrected chi connectivity index (χ2v) is 11.1. The summed E-state index contributed by atoms with van der Waals surface area (Å²) in [6.45, 7) is 6.25. The molecular weight excluding hydrogens is 460 g/mol. The smallest absolute Gasteiger partial charge is 0.209 e. The molecule has 0 atom stereocenters. The van der Waals surface area contributed by atoms with Crippen LogP contribution >= 0.6 is 0 Å². The van der Waals surface area contributed by atoms with E-state index in [9.17, 15) is 13.5 Å². The lowest BCUT2D eigenvalue weighted by atomic mass is 9.93. The number of phenolic OH excluding ortho intramolecular Hbond substituents is 1. The zero-order valence-corrected chi connectivity index (χ0v) is 21.3. The van der Waals surface area contributed by atoms with Crippen molar-refractivity contribution in [1.29, 1.82) is 0 Å². The largest absolute Gasteiger partial charge is 0.508 e. The van der Waals surface area contributed by atoms with E-state index in [0.29, 0.717) is 13.0 Å². The summed E-state index contributed by atoms with van der Waals surface area (Å²) in [4.78, 5) is 2.43. The summed E-state index contributed by atoms with van der Waals surface area (Å²) in [7, 11) is -3.24. The van der Waals surface area contributed by atoms with Crippen molar-refractivity contribution < 1.29 is 18.3 Å². The van der Waals surface area contributed by atoms with Gasteiger partial charge in [0.2, 0.25) is 10.0 Å². The van der Waals surface area contributed by atoms with E-state index in [1.807, 2.05) is 49.4 Å². The van der Waals surface area contributed by atoms with Crippen molar-refractivity contribution in [3.8, 4) is 22.6 Å². The minimum atomic E-state index is -3.24. The highest BCUT2D eigenvalue weighted by molar-refractivity contribution is 7.88. The van der Waals surface area contributed by atoms with Crippen LogP contribution in [0.15, 0.2) is 60.7 Å². The molecule has 1 saturated heterocycles. The molecule has 186 valence electrons. The number of phenols is 1. The molecular formula is C28H34N2O4S. The third-order valence-corrected chi connectivity index (χ3v) is 7.13. The maximum Gasteiger partial charge on any atom is 0.209 e. The van der Waals surface area contributed by atoms with Crippen LogP contribution in [0.3, 0.4) is 0 Å². The summed E-state index contributed by atoms with van der Waals surface area (Å²) in [5.74, 6) is 1.08. The first kappa shape index (κ1) is 25.2. The summed E-state index contributed by atoms with van der Waals surface area (Å²) in [6.07, 6.45) is 4.43. The number of aromatic hydroxyl groups is 1. The Labute approximate surface area is 208 Å². The number of rotatable bonds is 10. The number of hydrogen-bond acceptors (Lipinski definition) is 5. The van der Waals surface area contributed by atoms with Gasteiger partial charge in [0.05, 0.1) is 6.26 Å². The predicted octanol–water partition coefficient (Wildman–Crippen LogP) is 4.48. The number of aryl methyl sites for hydroxylation is 1. The summed E-state index contributed by atoms with van der Waals surface area (Å²) < 4.78 is 31.3. The fourth-order valence-electron chi connectivity index (χ4n) is 4.51. The lowest BCUT2D eigenvalue weighted by Gasteiger charge is -2.15. The van der Waals surface area contributed by atoms with Crippen LogP contribution in [0.2, 0.25) is 0 Å². The number of nitrogens with zero attached hydrogens (tertiary/aromatic N) is 1. The monoisotopic (exact) mass is 494 g/mol. The number of hydrogen-bond donors (Lipinski definition) is 2. The predicted molar refractivity (Wildman–Crippen MR) is 140 cm³/mol. The van der Waals surface area contributed by atoms with E-state index in [-0.39, 0.29) is 12.3 Å². The molecule has 0 amide bonds. The minimum absolute atomic E-state index is 0.230. The van der Waals surface area contributed by atoms with Gasteiger partial charge in [-0.3, -0.25) is 4.90 Å². The molecule has 1 aliphatic rings. The number of ether oxygens (including phenoxy) is 1. The molecule has 0 spiro atoms. The SMILES string of the molecule is Cc1cc(Cc2ccc(O)cc2-c2ccc(OCCN3CCCC3)cc2)ccc1CNS(C)(=O)=O. The van der Waals surface area contributed by atoms with Gasteiger partial charge in [-0.25, -0.2) is 13.1 Å². The highest BCUT2D eigenvalue weighted by Gasteiger charge is 2.12. The normalized spacial score (nSPS) is 14.3. The van der Waals surface area contributed by atoms with E-state index in [0.717, 1.165) is 51.9 Å². The maximum atomic E-state index is 11.4. The summed E-state index contributed by atoms with van der Waals surface area (Å²) in [6, 6.07) is 19.6. The van der Waals surface area contributed by atoms with Crippen LogP contribution in [0.4, 0.5) is 0 Å². The van der Waals surface area contributed by atoms with Gasteiger partial charge < -0.3 is 9.84 Å². The molecule has 6 nitrogen and oxygen atoms in total. The van der Waals surface area contributed by atoms with Crippen molar-refractivity contribution in [2.24, 2.45) is 0 Å². The van der Waals surface area contributed by atoms with E-state index in [1.165, 1.54) is 25.9 Å². The molecule has 1 aliphatic heterocycles. The summed E-state index contributed by atoms with van der Waals surface area (Å²) in [5, 5.41) is 10.2. The Bertz CT molecular complexity index is 1250. The van der Waals surface area contributed by atoms with Crippen LogP contribution in [-0.2, 0) is 23.0 Å². The minimum Gasteiger partial charge on any atom is -0.508 e. The maximum absolute atomic E-state index is 11.4. The molecule has 0 aromatic heterocycles. The molecule has 0 unspecified atom stereocenters. The molecule has 0 radical (unpaired) electrons. The number of benzene rings is 3. The molecule has 35 heavy (non-hydrogen) atoms. The van der Waals surface area contributed by atoms with Gasteiger partial charge in [-0.15, -0.1) is 0 Å². The van der Waals surface area contributed by atoms with Gasteiger partial charge in [0.15, 0.2) is 0 Å². The molecule has 7 heteroatoms. The van der Waals surface area contributed by atoms with Crippen LogP contribution in [0.5, 0.6) is 11.5 Å². The highest BCUT2D eigenvalue weighted by atomic mass is 32.2. The van der Waals surface area contributed by atoms with Gasteiger partial charge in [-0.1, -0.05) is 36.4 Å². The summed E-state index contributed by atoms with van der Waals surface area (Å²) in [5.41, 5.74) is 6.22. The second-order valence-electron chi connectivity index (χ2n) is 9.29. The van der Waals surface area contributed by atoms with Crippen molar-refractivity contribution in [2.75, 3.05) is 32.5 Å². The van der Waals surface area contributed by atoms with Crippen LogP contribution in [-0.4, -0.2) is 50.9 Å². The van der Waals surface area contributed by atoms with Gasteiger partial charge in [0, 0.05) is 13.1 Å². The van der Waals surface area contributed by atoms with Crippen LogP contribution in [0, 0.1) is 6.92 Å². The molecule has 1 fully saturated rings. The first-order valence-electron chi connectivity index (χ1n) is 12.1. The molecule has 1 heterocycles. The van der Waals surface area contributed by atoms with E-state index in [2.05, 4.69) is 15.7 Å². The van der Waals surface area contributed by atoms with Crippen molar-refractivity contribution in [2.45, 2.75) is 32.7 Å². The van der Waals surface area contributed by atoms with E-state index in [4.69, 9.17) is 4.74 Å². The van der Waals surface area contributed by atoms with Crippen molar-refractivity contribution in [3.63, 3.8) is 0 Å². The van der Waals surface area contributed by atoms with Crippen molar-refractivity contribution in [1.82, 2.24) is 9.62 Å². The van der Waals surface area contributed by atoms with Gasteiger partial charge in [0.25, 0.3) is 0 Å². The molecule has 2 N–H and O–H groups in total. The Hall–Kier alpha value is -2.87. The average molecular weight is 495 g/mol. The third kappa shape index (κ3) is 7.31. The molecule has 0 bridgehead atoms. The quantitative estimate of drug-likeness (QED) is 0.434. The molecule has 0 aliphatic carbocycles. The lowest BCUT2D eigenvalue weighted by Crippen LogP contribution is -2.25. The standard InChI is InChI=1S/C28H34N2O4S/c1-21-17-22(5-6-25(21)20-29-35(2,32)33)18-24-7-10-26(31)19-28(24)23-8-11-27(12-9-23)34-16-15-30-13-3-4-14-30/h5-12,17,19,29,31H,3-4,13-16,18,20H2,1-2H3. The number of nitrogens with one attached hydrogen (secondary N) is 1. The first-order chi connectivity index (χ1) is 16.8. The van der Waals surface area contributed by atoms with Gasteiger partial charge in [-0.2, -0.15) is 0 Å². The Morgan fingerprint density at radius 3 is 2.37 bits per heavy atom. The van der Waals surface area contributed by atoms with Crippen LogP contribution in [0.1, 0.15) is 35.1 Å². The van der Waals surface area contributed by atoms with Crippen molar-refractivity contribution >= 4 is 10.0 Å². The van der Waals surface area contributed by atoms with Gasteiger partial charge in [0.1, 0.15) is 18.1 Å². The van der Waals surface area contributed by atoms with E-state index >= 15 is 0 Å². The van der Waals surface area contributed by atoms with Gasteiger partial charge >= 0.3 is 0 Å². The molecule has 3 aromatic rings. The van der Waals surface area contributed by atoms with Crippen LogP contribution in [0.25, 0.3) is 11.1 Å². The Kier molecular flexibility index (Phi) is 8.11.